The number of aromatic nitrogens is 3. The predicted molar refractivity (Wildman–Crippen MR) is 76.3 cm³/mol. The minimum absolute atomic E-state index is 0.160. The molecule has 0 bridgehead atoms. The Morgan fingerprint density at radius 3 is 3.05 bits per heavy atom. The van der Waals surface area contributed by atoms with Crippen LogP contribution in [0.3, 0.4) is 0 Å². The second-order valence-electron chi connectivity index (χ2n) is 4.26. The molecule has 0 radical (unpaired) electrons. The summed E-state index contributed by atoms with van der Waals surface area (Å²) in [4.78, 5) is 0. The number of hydrogen-bond donors (Lipinski definition) is 2. The van der Waals surface area contributed by atoms with Gasteiger partial charge in [0.15, 0.2) is 11.4 Å². The van der Waals surface area contributed by atoms with Gasteiger partial charge in [-0.3, -0.25) is 14.0 Å². The molecule has 0 fully saturated rings. The first-order chi connectivity index (χ1) is 10.2. The third-order valence-electron chi connectivity index (χ3n) is 2.91. The van der Waals surface area contributed by atoms with E-state index in [1.807, 2.05) is 18.3 Å². The van der Waals surface area contributed by atoms with Crippen LogP contribution in [-0.2, 0) is 17.8 Å². The van der Waals surface area contributed by atoms with Gasteiger partial charge in [-0.1, -0.05) is 5.16 Å². The molecule has 0 amide bonds. The maximum atomic E-state index is 10.9. The van der Waals surface area contributed by atoms with E-state index >= 15 is 0 Å². The van der Waals surface area contributed by atoms with Gasteiger partial charge in [-0.2, -0.15) is 5.10 Å². The Balaban J connectivity index is 2.04. The molecule has 0 saturated heterocycles. The molecule has 2 aromatic heterocycles. The van der Waals surface area contributed by atoms with Crippen molar-refractivity contribution < 1.29 is 18.0 Å². The van der Waals surface area contributed by atoms with Crippen molar-refractivity contribution in [2.45, 2.75) is 6.54 Å². The molecular formula is C12H12N4O4S. The summed E-state index contributed by atoms with van der Waals surface area (Å²) in [6.45, 7) is 0.550. The summed E-state index contributed by atoms with van der Waals surface area (Å²) in [6.07, 6.45) is 3.54. The second kappa shape index (κ2) is 5.54. The average Bonchev–Trinajstić information content (AvgIpc) is 3.08. The Morgan fingerprint density at radius 1 is 1.52 bits per heavy atom. The smallest absolute Gasteiger partial charge is 0.260 e. The molecule has 8 nitrogen and oxygen atoms in total. The Morgan fingerprint density at radius 2 is 2.38 bits per heavy atom. The molecule has 9 heteroatoms. The summed E-state index contributed by atoms with van der Waals surface area (Å²) in [5.74, 6) is 0.664. The van der Waals surface area contributed by atoms with Gasteiger partial charge in [-0.25, -0.2) is 4.21 Å². The number of nitrogens with zero attached hydrogens (tertiary/aromatic N) is 3. The number of anilines is 1. The highest BCUT2D eigenvalue weighted by Crippen LogP contribution is 2.33. The third kappa shape index (κ3) is 2.73. The van der Waals surface area contributed by atoms with E-state index in [0.717, 1.165) is 5.56 Å². The van der Waals surface area contributed by atoms with Crippen LogP contribution in [0.4, 0.5) is 5.82 Å². The minimum atomic E-state index is -2.23. The topological polar surface area (TPSA) is 102 Å². The standard InChI is InChI=1S/C12H12N4O4S/c1-19-9-5-8(7-16-4-2-3-13-16)6-10-11(9)12(14-20-10)15-21(17)18/h2-6H,7H2,1H3,(H,14,15)(H,17,18). The predicted octanol–water partition coefficient (Wildman–Crippen LogP) is 1.63. The summed E-state index contributed by atoms with van der Waals surface area (Å²) < 4.78 is 34.3. The largest absolute Gasteiger partial charge is 0.496 e. The van der Waals surface area contributed by atoms with Crippen LogP contribution in [0.15, 0.2) is 35.1 Å². The molecule has 0 aliphatic rings. The van der Waals surface area contributed by atoms with E-state index in [1.165, 1.54) is 7.11 Å². The van der Waals surface area contributed by atoms with E-state index in [4.69, 9.17) is 13.8 Å². The first-order valence-corrected chi connectivity index (χ1v) is 7.09. The molecule has 3 aromatic rings. The monoisotopic (exact) mass is 308 g/mol. The molecule has 0 saturated carbocycles. The SMILES string of the molecule is COc1cc(Cn2cccn2)cc2onc(NS(=O)O)c12. The molecule has 3 rings (SSSR count). The Labute approximate surface area is 122 Å². The van der Waals surface area contributed by atoms with Gasteiger partial charge in [-0.15, -0.1) is 0 Å². The lowest BCUT2D eigenvalue weighted by atomic mass is 10.1. The molecule has 110 valence electrons. The number of hydrogen-bond acceptors (Lipinski definition) is 5. The van der Waals surface area contributed by atoms with Crippen molar-refractivity contribution >= 4 is 28.1 Å². The fourth-order valence-electron chi connectivity index (χ4n) is 2.08. The van der Waals surface area contributed by atoms with Crippen LogP contribution in [0.2, 0.25) is 0 Å². The second-order valence-corrected chi connectivity index (χ2v) is 4.96. The third-order valence-corrected chi connectivity index (χ3v) is 3.27. The zero-order valence-electron chi connectivity index (χ0n) is 11.0. The normalized spacial score (nSPS) is 12.5. The van der Waals surface area contributed by atoms with Crippen LogP contribution < -0.4 is 9.46 Å². The Bertz CT molecular complexity index is 784. The van der Waals surface area contributed by atoms with E-state index in [0.29, 0.717) is 23.3 Å². The van der Waals surface area contributed by atoms with Crippen LogP contribution >= 0.6 is 0 Å². The average molecular weight is 308 g/mol. The Hall–Kier alpha value is -2.39. The van der Waals surface area contributed by atoms with Gasteiger partial charge in [-0.05, 0) is 23.8 Å². The van der Waals surface area contributed by atoms with Crippen molar-refractivity contribution in [1.82, 2.24) is 14.9 Å². The molecule has 2 N–H and O–H groups in total. The van der Waals surface area contributed by atoms with Crippen molar-refractivity contribution in [3.63, 3.8) is 0 Å². The van der Waals surface area contributed by atoms with Crippen LogP contribution in [0, 0.1) is 0 Å². The number of fused-ring (bicyclic) bond motifs is 1. The number of benzene rings is 1. The highest BCUT2D eigenvalue weighted by atomic mass is 32.2. The van der Waals surface area contributed by atoms with Gasteiger partial charge in [0.1, 0.15) is 11.1 Å². The van der Waals surface area contributed by atoms with E-state index in [-0.39, 0.29) is 5.82 Å². The van der Waals surface area contributed by atoms with E-state index in [1.54, 1.807) is 16.9 Å². The maximum absolute atomic E-state index is 10.9. The first-order valence-electron chi connectivity index (χ1n) is 5.98. The first kappa shape index (κ1) is 13.6. The molecular weight excluding hydrogens is 296 g/mol. The highest BCUT2D eigenvalue weighted by molar-refractivity contribution is 7.80. The van der Waals surface area contributed by atoms with Gasteiger partial charge in [0.05, 0.1) is 13.7 Å². The number of ether oxygens (including phenoxy) is 1. The molecule has 1 aromatic carbocycles. The van der Waals surface area contributed by atoms with Crippen molar-refractivity contribution in [3.05, 3.63) is 36.2 Å². The zero-order chi connectivity index (χ0) is 14.8. The number of nitrogens with one attached hydrogen (secondary N) is 1. The zero-order valence-corrected chi connectivity index (χ0v) is 11.8. The fraction of sp³-hybridized carbons (Fsp3) is 0.167. The lowest BCUT2D eigenvalue weighted by Gasteiger charge is -2.07. The van der Waals surface area contributed by atoms with Crippen molar-refractivity contribution in [3.8, 4) is 5.75 Å². The molecule has 21 heavy (non-hydrogen) atoms. The van der Waals surface area contributed by atoms with Crippen molar-refractivity contribution in [2.24, 2.45) is 0 Å². The van der Waals surface area contributed by atoms with Crippen LogP contribution in [-0.4, -0.2) is 30.8 Å². The summed E-state index contributed by atoms with van der Waals surface area (Å²) in [5, 5.41) is 8.39. The molecule has 0 aliphatic carbocycles. The fourth-order valence-corrected chi connectivity index (χ4v) is 2.38. The number of methoxy groups -OCH3 is 1. The quantitative estimate of drug-likeness (QED) is 0.694. The number of rotatable bonds is 5. The van der Waals surface area contributed by atoms with Gasteiger partial charge in [0, 0.05) is 12.4 Å². The van der Waals surface area contributed by atoms with Crippen LogP contribution in [0.25, 0.3) is 11.0 Å². The van der Waals surface area contributed by atoms with Gasteiger partial charge >= 0.3 is 0 Å². The van der Waals surface area contributed by atoms with Gasteiger partial charge in [0.2, 0.25) is 0 Å². The van der Waals surface area contributed by atoms with Crippen molar-refractivity contribution in [2.75, 3.05) is 11.8 Å². The minimum Gasteiger partial charge on any atom is -0.496 e. The lowest BCUT2D eigenvalue weighted by molar-refractivity contribution is 0.418. The summed E-state index contributed by atoms with van der Waals surface area (Å²) in [6, 6.07) is 5.44. The van der Waals surface area contributed by atoms with Crippen LogP contribution in [0.1, 0.15) is 5.56 Å². The van der Waals surface area contributed by atoms with E-state index in [2.05, 4.69) is 15.0 Å². The molecule has 0 aliphatic heterocycles. The summed E-state index contributed by atoms with van der Waals surface area (Å²) in [5.41, 5.74) is 1.38. The molecule has 0 spiro atoms. The summed E-state index contributed by atoms with van der Waals surface area (Å²) in [7, 11) is 1.51. The lowest BCUT2D eigenvalue weighted by Crippen LogP contribution is -2.03. The summed E-state index contributed by atoms with van der Waals surface area (Å²) >= 11 is -2.23. The Kier molecular flexibility index (Phi) is 3.59. The van der Waals surface area contributed by atoms with Gasteiger partial charge < -0.3 is 9.26 Å². The van der Waals surface area contributed by atoms with E-state index in [9.17, 15) is 4.21 Å². The highest BCUT2D eigenvalue weighted by Gasteiger charge is 2.16. The molecule has 1 unspecified atom stereocenters. The molecule has 2 heterocycles. The van der Waals surface area contributed by atoms with Crippen LogP contribution in [0.5, 0.6) is 5.75 Å². The van der Waals surface area contributed by atoms with E-state index < -0.39 is 11.3 Å². The van der Waals surface area contributed by atoms with Crippen molar-refractivity contribution in [1.29, 1.82) is 0 Å². The maximum Gasteiger partial charge on any atom is 0.260 e. The molecule has 1 atom stereocenters. The van der Waals surface area contributed by atoms with Gasteiger partial charge in [0.25, 0.3) is 11.3 Å².